The fourth-order valence-electron chi connectivity index (χ4n) is 1.26. The summed E-state index contributed by atoms with van der Waals surface area (Å²) in [6.07, 6.45) is 7.99. The third kappa shape index (κ3) is 64.1. The first-order chi connectivity index (χ1) is 13.1. The molecule has 0 rings (SSSR count). The Kier molecular flexibility index (Phi) is 37.4. The predicted octanol–water partition coefficient (Wildman–Crippen LogP) is 2.73. The van der Waals surface area contributed by atoms with Gasteiger partial charge in [-0.05, 0) is 39.5 Å². The van der Waals surface area contributed by atoms with Crippen molar-refractivity contribution in [3.63, 3.8) is 0 Å². The molecule has 0 aromatic carbocycles. The Hall–Kier alpha value is -1.22. The molecular weight excluding hydrogens is 364 g/mol. The molecule has 8 heteroatoms. The number of aliphatic hydroxyl groups excluding tert-OH is 2. The van der Waals surface area contributed by atoms with Gasteiger partial charge in [0.25, 0.3) is 0 Å². The second kappa shape index (κ2) is 30.5. The van der Waals surface area contributed by atoms with Crippen LogP contribution in [-0.2, 0) is 9.59 Å². The molecule has 0 fully saturated rings. The Balaban J connectivity index is -0.000000168. The molecule has 2 atom stereocenters. The molecule has 8 nitrogen and oxygen atoms in total. The third-order valence-corrected chi connectivity index (χ3v) is 3.42. The normalized spacial score (nSPS) is 11.4. The van der Waals surface area contributed by atoms with Crippen LogP contribution in [0.25, 0.3) is 0 Å². The molecule has 0 spiro atoms. The van der Waals surface area contributed by atoms with Crippen molar-refractivity contribution in [3.8, 4) is 0 Å². The van der Waals surface area contributed by atoms with E-state index >= 15 is 0 Å². The Labute approximate surface area is 171 Å². The second-order valence-corrected chi connectivity index (χ2v) is 6.63. The zero-order valence-electron chi connectivity index (χ0n) is 18.4. The van der Waals surface area contributed by atoms with Crippen LogP contribution < -0.4 is 11.5 Å². The molecule has 0 aliphatic carbocycles. The van der Waals surface area contributed by atoms with E-state index in [1.165, 1.54) is 0 Å². The van der Waals surface area contributed by atoms with Crippen molar-refractivity contribution in [1.29, 1.82) is 0 Å². The monoisotopic (exact) mass is 410 g/mol. The number of hydrogen-bond acceptors (Lipinski definition) is 6. The van der Waals surface area contributed by atoms with Gasteiger partial charge < -0.3 is 31.9 Å². The number of aliphatic carboxylic acids is 2. The molecule has 0 heterocycles. The van der Waals surface area contributed by atoms with Gasteiger partial charge in [0.05, 0.1) is 13.2 Å². The minimum atomic E-state index is -0.740. The van der Waals surface area contributed by atoms with E-state index in [1.807, 2.05) is 13.8 Å². The van der Waals surface area contributed by atoms with Crippen molar-refractivity contribution in [2.45, 2.75) is 104 Å². The fraction of sp³-hybridized carbons (Fsp3) is 0.900. The Morgan fingerprint density at radius 2 is 0.893 bits per heavy atom. The first kappa shape index (κ1) is 34.3. The van der Waals surface area contributed by atoms with Crippen LogP contribution in [0.3, 0.4) is 0 Å². The molecule has 0 amide bonds. The molecule has 0 aromatic rings. The number of aliphatic hydroxyl groups is 2. The van der Waals surface area contributed by atoms with Crippen molar-refractivity contribution < 1.29 is 30.0 Å². The van der Waals surface area contributed by atoms with Crippen molar-refractivity contribution in [2.24, 2.45) is 11.5 Å². The maximum atomic E-state index is 10.1. The zero-order valence-corrected chi connectivity index (χ0v) is 18.4. The molecule has 0 bridgehead atoms. The van der Waals surface area contributed by atoms with Gasteiger partial charge in [-0.1, -0.05) is 39.5 Å². The van der Waals surface area contributed by atoms with Gasteiger partial charge in [-0.3, -0.25) is 9.59 Å². The van der Waals surface area contributed by atoms with Gasteiger partial charge in [0.2, 0.25) is 0 Å². The number of unbranched alkanes of at least 4 members (excludes halogenated alkanes) is 5. The van der Waals surface area contributed by atoms with Crippen LogP contribution >= 0.6 is 0 Å². The first-order valence-electron chi connectivity index (χ1n) is 10.2. The highest BCUT2D eigenvalue weighted by Crippen LogP contribution is 2.08. The van der Waals surface area contributed by atoms with E-state index in [9.17, 15) is 9.59 Å². The Bertz CT molecular complexity index is 283. The fourth-order valence-corrected chi connectivity index (χ4v) is 1.26. The molecule has 8 N–H and O–H groups in total. The van der Waals surface area contributed by atoms with Gasteiger partial charge in [0.1, 0.15) is 0 Å². The van der Waals surface area contributed by atoms with Crippen molar-refractivity contribution in [2.75, 3.05) is 13.2 Å². The number of nitrogens with two attached hydrogens (primary N) is 2. The quantitative estimate of drug-likeness (QED) is 0.267. The topological polar surface area (TPSA) is 167 Å². The minimum absolute atomic E-state index is 0.125. The lowest BCUT2D eigenvalue weighted by Gasteiger charge is -1.98. The lowest BCUT2D eigenvalue weighted by molar-refractivity contribution is -0.138. The molecule has 2 unspecified atom stereocenters. The Morgan fingerprint density at radius 3 is 1.04 bits per heavy atom. The van der Waals surface area contributed by atoms with Gasteiger partial charge in [-0.2, -0.15) is 0 Å². The summed E-state index contributed by atoms with van der Waals surface area (Å²) in [6.45, 7) is 7.90. The summed E-state index contributed by atoms with van der Waals surface area (Å²) >= 11 is 0. The summed E-state index contributed by atoms with van der Waals surface area (Å²) in [5.74, 6) is -1.48. The molecule has 0 aromatic heterocycles. The van der Waals surface area contributed by atoms with E-state index in [1.54, 1.807) is 0 Å². The minimum Gasteiger partial charge on any atom is -0.481 e. The smallest absolute Gasteiger partial charge is 0.303 e. The van der Waals surface area contributed by atoms with Crippen LogP contribution in [0.4, 0.5) is 0 Å². The van der Waals surface area contributed by atoms with Crippen molar-refractivity contribution >= 4 is 11.9 Å². The Morgan fingerprint density at radius 1 is 0.679 bits per heavy atom. The van der Waals surface area contributed by atoms with Gasteiger partial charge in [0.15, 0.2) is 0 Å². The number of rotatable bonds is 12. The van der Waals surface area contributed by atoms with E-state index < -0.39 is 11.9 Å². The van der Waals surface area contributed by atoms with Crippen molar-refractivity contribution in [3.05, 3.63) is 0 Å². The second-order valence-electron chi connectivity index (χ2n) is 6.63. The van der Waals surface area contributed by atoms with Crippen LogP contribution in [0, 0.1) is 0 Å². The lowest BCUT2D eigenvalue weighted by atomic mass is 10.1. The molecule has 0 aliphatic heterocycles. The first-order valence-corrected chi connectivity index (χ1v) is 10.2. The summed E-state index contributed by atoms with van der Waals surface area (Å²) in [4.78, 5) is 20.3. The summed E-state index contributed by atoms with van der Waals surface area (Å²) in [5, 5.41) is 32.0. The highest BCUT2D eigenvalue weighted by atomic mass is 16.4. The predicted molar refractivity (Wildman–Crippen MR) is 114 cm³/mol. The molecule has 0 saturated carbocycles. The van der Waals surface area contributed by atoms with Gasteiger partial charge >= 0.3 is 11.9 Å². The molecule has 28 heavy (non-hydrogen) atoms. The van der Waals surface area contributed by atoms with E-state index in [-0.39, 0.29) is 26.1 Å². The maximum absolute atomic E-state index is 10.1. The molecule has 172 valence electrons. The summed E-state index contributed by atoms with van der Waals surface area (Å²) in [6, 6.07) is 0.769. The summed E-state index contributed by atoms with van der Waals surface area (Å²) in [5.41, 5.74) is 10.6. The third-order valence-electron chi connectivity index (χ3n) is 3.42. The number of carboxylic acids is 2. The van der Waals surface area contributed by atoms with Crippen LogP contribution in [0.1, 0.15) is 91.9 Å². The number of carboxylic acid groups (broad SMARTS) is 2. The molecule has 0 saturated heterocycles. The average molecular weight is 411 g/mol. The van der Waals surface area contributed by atoms with Crippen LogP contribution in [0.15, 0.2) is 0 Å². The van der Waals surface area contributed by atoms with Gasteiger partial charge in [-0.25, -0.2) is 0 Å². The SMILES string of the molecule is CCC(C)N.CCC(C)N.O=C(O)CCCCCCCCC(=O)O.OCCO. The lowest BCUT2D eigenvalue weighted by Crippen LogP contribution is -2.11. The van der Waals surface area contributed by atoms with E-state index in [0.29, 0.717) is 12.1 Å². The molecule has 0 radical (unpaired) electrons. The highest BCUT2D eigenvalue weighted by molar-refractivity contribution is 5.66. The van der Waals surface area contributed by atoms with E-state index in [4.69, 9.17) is 31.9 Å². The highest BCUT2D eigenvalue weighted by Gasteiger charge is 1.98. The average Bonchev–Trinajstić information content (AvgIpc) is 2.64. The van der Waals surface area contributed by atoms with Crippen LogP contribution in [0.2, 0.25) is 0 Å². The number of carbonyl (C=O) groups is 2. The maximum Gasteiger partial charge on any atom is 0.303 e. The molecule has 0 aliphatic rings. The standard InChI is InChI=1S/C10H18O4.2C4H11N.C2H6O2/c11-9(12)7-5-3-1-2-4-6-8-10(13)14;2*1-3-4(2)5;3-1-2-4/h1-8H2,(H,11,12)(H,13,14);2*4H,3,5H2,1-2H3;3-4H,1-2H2. The van der Waals surface area contributed by atoms with Crippen LogP contribution in [0.5, 0.6) is 0 Å². The largest absolute Gasteiger partial charge is 0.481 e. The van der Waals surface area contributed by atoms with Gasteiger partial charge in [0, 0.05) is 24.9 Å². The summed E-state index contributed by atoms with van der Waals surface area (Å²) in [7, 11) is 0. The van der Waals surface area contributed by atoms with Gasteiger partial charge in [-0.15, -0.1) is 0 Å². The molecular formula is C20H46N2O6. The van der Waals surface area contributed by atoms with E-state index in [0.717, 1.165) is 51.4 Å². The van der Waals surface area contributed by atoms with Crippen LogP contribution in [-0.4, -0.2) is 57.7 Å². The summed E-state index contributed by atoms with van der Waals surface area (Å²) < 4.78 is 0. The van der Waals surface area contributed by atoms with E-state index in [2.05, 4.69) is 13.8 Å². The zero-order chi connectivity index (χ0) is 22.8. The van der Waals surface area contributed by atoms with Crippen molar-refractivity contribution in [1.82, 2.24) is 0 Å². The number of hydrogen-bond donors (Lipinski definition) is 6.